The molecule has 0 aliphatic heterocycles. The fraction of sp³-hybridized carbons (Fsp3) is 0.261. The maximum atomic E-state index is 13.2. The lowest BCUT2D eigenvalue weighted by molar-refractivity contribution is 0.601. The van der Waals surface area contributed by atoms with E-state index in [0.29, 0.717) is 29.6 Å². The summed E-state index contributed by atoms with van der Waals surface area (Å²) in [6.07, 6.45) is 1.70. The van der Waals surface area contributed by atoms with Crippen molar-refractivity contribution < 1.29 is 8.42 Å². The first-order chi connectivity index (χ1) is 17.0. The van der Waals surface area contributed by atoms with E-state index in [0.717, 1.165) is 22.9 Å². The van der Waals surface area contributed by atoms with Gasteiger partial charge in [0.1, 0.15) is 11.9 Å². The van der Waals surface area contributed by atoms with Gasteiger partial charge in [-0.25, -0.2) is 8.42 Å². The highest BCUT2D eigenvalue weighted by molar-refractivity contribution is 7.98. The Balaban J connectivity index is 1.64. The predicted octanol–water partition coefficient (Wildman–Crippen LogP) is 4.70. The molecule has 1 aromatic carbocycles. The first-order valence-electron chi connectivity index (χ1n) is 10.6. The molecule has 7 nitrogen and oxygen atoms in total. The second-order valence-electron chi connectivity index (χ2n) is 7.01. The molecular formula is C23H24ClN5O2S4. The van der Waals surface area contributed by atoms with Gasteiger partial charge in [0, 0.05) is 47.7 Å². The van der Waals surface area contributed by atoms with Crippen molar-refractivity contribution in [2.45, 2.75) is 16.4 Å². The molecule has 0 aliphatic carbocycles. The maximum Gasteiger partial charge on any atom is 0.220 e. The molecule has 2 aromatic heterocycles. The van der Waals surface area contributed by atoms with Crippen molar-refractivity contribution in [2.24, 2.45) is 0 Å². The van der Waals surface area contributed by atoms with Gasteiger partial charge in [-0.3, -0.25) is 4.98 Å². The summed E-state index contributed by atoms with van der Waals surface area (Å²) in [4.78, 5) is 4.02. The minimum absolute atomic E-state index is 0.0785. The van der Waals surface area contributed by atoms with E-state index in [2.05, 4.69) is 20.0 Å². The topological polar surface area (TPSA) is 108 Å². The number of benzene rings is 1. The number of pyridine rings is 1. The monoisotopic (exact) mass is 565 g/mol. The van der Waals surface area contributed by atoms with Gasteiger partial charge in [0.05, 0.1) is 21.3 Å². The number of nitrogens with one attached hydrogen (secondary N) is 2. The molecule has 3 aromatic rings. The highest BCUT2D eigenvalue weighted by Crippen LogP contribution is 2.21. The van der Waals surface area contributed by atoms with E-state index in [9.17, 15) is 13.7 Å². The number of sulfone groups is 1. The molecule has 0 saturated heterocycles. The normalized spacial score (nSPS) is 12.0. The lowest BCUT2D eigenvalue weighted by Crippen LogP contribution is -2.32. The van der Waals surface area contributed by atoms with Crippen LogP contribution in [0.15, 0.2) is 75.7 Å². The minimum Gasteiger partial charge on any atom is -0.369 e. The van der Waals surface area contributed by atoms with Gasteiger partial charge in [0.25, 0.3) is 0 Å². The Kier molecular flexibility index (Phi) is 11.2. The smallest absolute Gasteiger partial charge is 0.220 e. The second-order valence-corrected chi connectivity index (χ2v) is 12.2. The number of nitriles is 1. The second kappa shape index (κ2) is 14.4. The SMILES string of the molecule is N#CC(=C(NCCSCc1ccsn1)NCCSCc1ncccc1Cl)S(=O)(=O)c1ccccc1. The minimum atomic E-state index is -3.98. The number of thioether (sulfide) groups is 2. The van der Waals surface area contributed by atoms with Gasteiger partial charge in [-0.2, -0.15) is 33.2 Å². The fourth-order valence-electron chi connectivity index (χ4n) is 2.87. The maximum absolute atomic E-state index is 13.2. The Morgan fingerprint density at radius 1 is 1.03 bits per heavy atom. The van der Waals surface area contributed by atoms with Crippen LogP contribution in [0.25, 0.3) is 0 Å². The molecule has 0 aliphatic rings. The van der Waals surface area contributed by atoms with Crippen LogP contribution >= 0.6 is 46.7 Å². The first-order valence-corrected chi connectivity index (χ1v) is 15.6. The zero-order valence-electron chi connectivity index (χ0n) is 18.7. The molecule has 0 saturated carbocycles. The molecule has 184 valence electrons. The molecule has 12 heteroatoms. The summed E-state index contributed by atoms with van der Waals surface area (Å²) in [6.45, 7) is 0.947. The molecule has 0 radical (unpaired) electrons. The average molecular weight is 566 g/mol. The van der Waals surface area contributed by atoms with Gasteiger partial charge in [0.2, 0.25) is 9.84 Å². The zero-order chi connectivity index (χ0) is 24.9. The van der Waals surface area contributed by atoms with Gasteiger partial charge in [-0.05, 0) is 41.9 Å². The van der Waals surface area contributed by atoms with E-state index in [1.807, 2.05) is 17.5 Å². The number of halogens is 1. The Morgan fingerprint density at radius 3 is 2.37 bits per heavy atom. The summed E-state index contributed by atoms with van der Waals surface area (Å²) in [6, 6.07) is 15.4. The molecule has 0 fully saturated rings. The molecule has 0 unspecified atom stereocenters. The summed E-state index contributed by atoms with van der Waals surface area (Å²) in [5.74, 6) is 3.01. The van der Waals surface area contributed by atoms with Crippen molar-refractivity contribution in [2.75, 3.05) is 24.6 Å². The molecule has 2 heterocycles. The van der Waals surface area contributed by atoms with Crippen LogP contribution < -0.4 is 10.6 Å². The van der Waals surface area contributed by atoms with Gasteiger partial charge >= 0.3 is 0 Å². The highest BCUT2D eigenvalue weighted by atomic mass is 35.5. The van der Waals surface area contributed by atoms with Crippen molar-refractivity contribution in [3.63, 3.8) is 0 Å². The van der Waals surface area contributed by atoms with E-state index in [-0.39, 0.29) is 15.6 Å². The third-order valence-corrected chi connectivity index (χ3v) is 9.19. The molecule has 2 N–H and O–H groups in total. The van der Waals surface area contributed by atoms with Crippen LogP contribution in [0.1, 0.15) is 11.4 Å². The molecule has 0 bridgehead atoms. The summed E-state index contributed by atoms with van der Waals surface area (Å²) in [7, 11) is -3.98. The molecule has 3 rings (SSSR count). The van der Waals surface area contributed by atoms with Crippen molar-refractivity contribution in [3.8, 4) is 6.07 Å². The zero-order valence-corrected chi connectivity index (χ0v) is 22.7. The third-order valence-electron chi connectivity index (χ3n) is 4.56. The van der Waals surface area contributed by atoms with Gasteiger partial charge < -0.3 is 10.6 Å². The fourth-order valence-corrected chi connectivity index (χ4v) is 6.62. The summed E-state index contributed by atoms with van der Waals surface area (Å²) in [5.41, 5.74) is 1.82. The average Bonchev–Trinajstić information content (AvgIpc) is 3.38. The number of hydrogen-bond acceptors (Lipinski definition) is 10. The van der Waals surface area contributed by atoms with E-state index in [4.69, 9.17) is 11.6 Å². The Morgan fingerprint density at radius 2 is 1.74 bits per heavy atom. The highest BCUT2D eigenvalue weighted by Gasteiger charge is 2.25. The van der Waals surface area contributed by atoms with E-state index >= 15 is 0 Å². The lowest BCUT2D eigenvalue weighted by Gasteiger charge is -2.16. The van der Waals surface area contributed by atoms with Crippen molar-refractivity contribution in [3.05, 3.63) is 87.2 Å². The number of rotatable bonds is 14. The van der Waals surface area contributed by atoms with Crippen LogP contribution in [-0.2, 0) is 21.3 Å². The van der Waals surface area contributed by atoms with E-state index < -0.39 is 9.84 Å². The number of aromatic nitrogens is 2. The van der Waals surface area contributed by atoms with Crippen LogP contribution in [-0.4, -0.2) is 42.4 Å². The number of allylic oxidation sites excluding steroid dienone is 1. The van der Waals surface area contributed by atoms with Gasteiger partial charge in [-0.15, -0.1) is 0 Å². The van der Waals surface area contributed by atoms with Crippen molar-refractivity contribution in [1.82, 2.24) is 20.0 Å². The molecule has 0 spiro atoms. The molecule has 0 atom stereocenters. The molecule has 35 heavy (non-hydrogen) atoms. The summed E-state index contributed by atoms with van der Waals surface area (Å²) >= 11 is 10.9. The van der Waals surface area contributed by atoms with Gasteiger partial charge in [-0.1, -0.05) is 29.8 Å². The Bertz CT molecular complexity index is 1250. The Labute approximate surface area is 223 Å². The quantitative estimate of drug-likeness (QED) is 0.212. The third kappa shape index (κ3) is 8.44. The van der Waals surface area contributed by atoms with Crippen LogP contribution in [0.2, 0.25) is 5.02 Å². The van der Waals surface area contributed by atoms with Gasteiger partial charge in [0.15, 0.2) is 4.91 Å². The van der Waals surface area contributed by atoms with E-state index in [1.54, 1.807) is 60.1 Å². The molecular weight excluding hydrogens is 542 g/mol. The Hall–Kier alpha value is -2.23. The summed E-state index contributed by atoms with van der Waals surface area (Å²) < 4.78 is 30.6. The standard InChI is InChI=1S/C23H24ClN5O2S4/c24-20-7-4-9-26-21(20)17-33-14-11-28-23(27-10-13-32-16-18-8-12-34-29-18)22(15-25)35(30,31)19-5-2-1-3-6-19/h1-9,12,27-28H,10-11,13-14,16-17H2. The number of hydrogen-bond donors (Lipinski definition) is 2. The lowest BCUT2D eigenvalue weighted by atomic mass is 10.4. The van der Waals surface area contributed by atoms with Crippen LogP contribution in [0.4, 0.5) is 0 Å². The largest absolute Gasteiger partial charge is 0.369 e. The van der Waals surface area contributed by atoms with E-state index in [1.165, 1.54) is 23.7 Å². The molecule has 0 amide bonds. The van der Waals surface area contributed by atoms with Crippen LogP contribution in [0, 0.1) is 11.3 Å². The van der Waals surface area contributed by atoms with Crippen LogP contribution in [0.3, 0.4) is 0 Å². The first kappa shape index (κ1) is 27.4. The summed E-state index contributed by atoms with van der Waals surface area (Å²) in [5, 5.41) is 18.6. The van der Waals surface area contributed by atoms with Crippen molar-refractivity contribution in [1.29, 1.82) is 5.26 Å². The van der Waals surface area contributed by atoms with Crippen molar-refractivity contribution >= 4 is 56.5 Å². The number of nitrogens with zero attached hydrogens (tertiary/aromatic N) is 3. The predicted molar refractivity (Wildman–Crippen MR) is 146 cm³/mol. The van der Waals surface area contributed by atoms with Crippen LogP contribution in [0.5, 0.6) is 0 Å².